The van der Waals surface area contributed by atoms with E-state index in [1.807, 2.05) is 11.3 Å². The number of nitrogens with one attached hydrogen (secondary N) is 1. The van der Waals surface area contributed by atoms with E-state index in [1.54, 1.807) is 0 Å². The number of benzene rings is 1. The second kappa shape index (κ2) is 7.58. The highest BCUT2D eigenvalue weighted by Gasteiger charge is 2.13. The normalized spacial score (nSPS) is 12.6. The van der Waals surface area contributed by atoms with Gasteiger partial charge in [0, 0.05) is 15.4 Å². The van der Waals surface area contributed by atoms with Crippen LogP contribution in [0.2, 0.25) is 0 Å². The molecule has 0 saturated heterocycles. The second-order valence-corrected chi connectivity index (χ2v) is 7.89. The van der Waals surface area contributed by atoms with Gasteiger partial charge in [0.25, 0.3) is 0 Å². The SMILES string of the molecule is CCCNC(Cc1ccc(Br)cc1)c1ccc(Br)s1. The van der Waals surface area contributed by atoms with Crippen molar-refractivity contribution in [1.29, 1.82) is 0 Å². The molecule has 0 aliphatic carbocycles. The Balaban J connectivity index is 2.11. The summed E-state index contributed by atoms with van der Waals surface area (Å²) in [5.41, 5.74) is 1.36. The number of hydrogen-bond acceptors (Lipinski definition) is 2. The van der Waals surface area contributed by atoms with E-state index < -0.39 is 0 Å². The smallest absolute Gasteiger partial charge is 0.0701 e. The maximum absolute atomic E-state index is 3.64. The number of rotatable bonds is 6. The summed E-state index contributed by atoms with van der Waals surface area (Å²) in [4.78, 5) is 1.39. The molecule has 1 unspecified atom stereocenters. The standard InChI is InChI=1S/C15H17Br2NS/c1-2-9-18-13(14-7-8-15(17)19-14)10-11-3-5-12(16)6-4-11/h3-8,13,18H,2,9-10H2,1H3. The third-order valence-corrected chi connectivity index (χ3v) is 5.20. The molecule has 1 heterocycles. The van der Waals surface area contributed by atoms with Gasteiger partial charge in [-0.1, -0.05) is 35.0 Å². The summed E-state index contributed by atoms with van der Waals surface area (Å²) in [5, 5.41) is 3.64. The van der Waals surface area contributed by atoms with Crippen LogP contribution < -0.4 is 5.32 Å². The van der Waals surface area contributed by atoms with Gasteiger partial charge in [0.15, 0.2) is 0 Å². The van der Waals surface area contributed by atoms with E-state index in [2.05, 4.69) is 80.5 Å². The molecule has 2 rings (SSSR count). The molecule has 0 saturated carbocycles. The zero-order valence-electron chi connectivity index (χ0n) is 10.8. The molecule has 0 spiro atoms. The Morgan fingerprint density at radius 1 is 1.11 bits per heavy atom. The first-order valence-electron chi connectivity index (χ1n) is 6.42. The molecule has 1 aromatic heterocycles. The highest BCUT2D eigenvalue weighted by atomic mass is 79.9. The molecule has 0 bridgehead atoms. The molecule has 19 heavy (non-hydrogen) atoms. The van der Waals surface area contributed by atoms with E-state index in [0.717, 1.165) is 23.9 Å². The lowest BCUT2D eigenvalue weighted by molar-refractivity contribution is 0.536. The monoisotopic (exact) mass is 401 g/mol. The maximum Gasteiger partial charge on any atom is 0.0701 e. The molecule has 0 amide bonds. The summed E-state index contributed by atoms with van der Waals surface area (Å²) in [5.74, 6) is 0. The van der Waals surface area contributed by atoms with E-state index in [1.165, 1.54) is 14.2 Å². The second-order valence-electron chi connectivity index (χ2n) is 4.48. The first-order chi connectivity index (χ1) is 9.19. The molecular weight excluding hydrogens is 386 g/mol. The van der Waals surface area contributed by atoms with E-state index in [9.17, 15) is 0 Å². The van der Waals surface area contributed by atoms with Crippen molar-refractivity contribution < 1.29 is 0 Å². The number of thiophene rings is 1. The Labute approximate surface area is 135 Å². The van der Waals surface area contributed by atoms with E-state index in [-0.39, 0.29) is 0 Å². The lowest BCUT2D eigenvalue weighted by atomic mass is 10.0. The number of halogens is 2. The molecule has 0 aliphatic rings. The van der Waals surface area contributed by atoms with Crippen LogP contribution in [0.5, 0.6) is 0 Å². The van der Waals surface area contributed by atoms with Crippen molar-refractivity contribution in [2.75, 3.05) is 6.54 Å². The van der Waals surface area contributed by atoms with Crippen LogP contribution in [0, 0.1) is 0 Å². The van der Waals surface area contributed by atoms with Gasteiger partial charge in [-0.05, 0) is 65.1 Å². The molecule has 1 N–H and O–H groups in total. The van der Waals surface area contributed by atoms with Crippen molar-refractivity contribution in [1.82, 2.24) is 5.32 Å². The van der Waals surface area contributed by atoms with Gasteiger partial charge in [-0.3, -0.25) is 0 Å². The zero-order chi connectivity index (χ0) is 13.7. The predicted octanol–water partition coefficient (Wildman–Crippen LogP) is 5.56. The summed E-state index contributed by atoms with van der Waals surface area (Å²) in [6.45, 7) is 3.25. The molecule has 0 radical (unpaired) electrons. The zero-order valence-corrected chi connectivity index (χ0v) is 14.8. The predicted molar refractivity (Wildman–Crippen MR) is 90.9 cm³/mol. The Kier molecular flexibility index (Phi) is 6.07. The van der Waals surface area contributed by atoms with Gasteiger partial charge >= 0.3 is 0 Å². The van der Waals surface area contributed by atoms with Crippen molar-refractivity contribution in [2.45, 2.75) is 25.8 Å². The van der Waals surface area contributed by atoms with E-state index in [0.29, 0.717) is 6.04 Å². The van der Waals surface area contributed by atoms with Crippen LogP contribution in [-0.4, -0.2) is 6.54 Å². The Hall–Kier alpha value is -0.160. The van der Waals surface area contributed by atoms with Crippen LogP contribution in [0.15, 0.2) is 44.7 Å². The van der Waals surface area contributed by atoms with Crippen LogP contribution in [0.25, 0.3) is 0 Å². The van der Waals surface area contributed by atoms with E-state index >= 15 is 0 Å². The topological polar surface area (TPSA) is 12.0 Å². The fraction of sp³-hybridized carbons (Fsp3) is 0.333. The Morgan fingerprint density at radius 2 is 1.84 bits per heavy atom. The molecule has 0 aliphatic heterocycles. The summed E-state index contributed by atoms with van der Waals surface area (Å²) < 4.78 is 2.33. The molecule has 0 fully saturated rings. The van der Waals surface area contributed by atoms with Crippen molar-refractivity contribution in [3.63, 3.8) is 0 Å². The van der Waals surface area contributed by atoms with Crippen LogP contribution in [-0.2, 0) is 6.42 Å². The largest absolute Gasteiger partial charge is 0.309 e. The molecule has 1 aromatic carbocycles. The lowest BCUT2D eigenvalue weighted by Gasteiger charge is -2.17. The Bertz CT molecular complexity index is 507. The van der Waals surface area contributed by atoms with Gasteiger partial charge < -0.3 is 5.32 Å². The first kappa shape index (κ1) is 15.2. The summed E-state index contributed by atoms with van der Waals surface area (Å²) >= 11 is 8.84. The first-order valence-corrected chi connectivity index (χ1v) is 8.82. The lowest BCUT2D eigenvalue weighted by Crippen LogP contribution is -2.23. The van der Waals surface area contributed by atoms with Gasteiger partial charge in [-0.15, -0.1) is 11.3 Å². The van der Waals surface area contributed by atoms with E-state index in [4.69, 9.17) is 0 Å². The highest BCUT2D eigenvalue weighted by molar-refractivity contribution is 9.11. The fourth-order valence-corrected chi connectivity index (χ4v) is 3.73. The van der Waals surface area contributed by atoms with Crippen molar-refractivity contribution in [3.05, 3.63) is 55.1 Å². The fourth-order valence-electron chi connectivity index (χ4n) is 1.96. The van der Waals surface area contributed by atoms with Gasteiger partial charge in [-0.2, -0.15) is 0 Å². The number of hydrogen-bond donors (Lipinski definition) is 1. The molecule has 4 heteroatoms. The minimum absolute atomic E-state index is 0.400. The van der Waals surface area contributed by atoms with Gasteiger partial charge in [0.05, 0.1) is 3.79 Å². The van der Waals surface area contributed by atoms with Gasteiger partial charge in [0.1, 0.15) is 0 Å². The average molecular weight is 403 g/mol. The molecule has 1 nitrogen and oxygen atoms in total. The molecule has 2 aromatic rings. The van der Waals surface area contributed by atoms with Crippen LogP contribution >= 0.6 is 43.2 Å². The minimum atomic E-state index is 0.400. The van der Waals surface area contributed by atoms with Crippen LogP contribution in [0.4, 0.5) is 0 Å². The third kappa shape index (κ3) is 4.71. The van der Waals surface area contributed by atoms with Gasteiger partial charge in [0.2, 0.25) is 0 Å². The van der Waals surface area contributed by atoms with Crippen molar-refractivity contribution in [2.24, 2.45) is 0 Å². The van der Waals surface area contributed by atoms with Gasteiger partial charge in [-0.25, -0.2) is 0 Å². The van der Waals surface area contributed by atoms with Crippen LogP contribution in [0.3, 0.4) is 0 Å². The summed E-state index contributed by atoms with van der Waals surface area (Å²) in [6.07, 6.45) is 2.18. The minimum Gasteiger partial charge on any atom is -0.309 e. The maximum atomic E-state index is 3.64. The molecule has 102 valence electrons. The molecule has 1 atom stereocenters. The average Bonchev–Trinajstić information content (AvgIpc) is 2.83. The summed E-state index contributed by atoms with van der Waals surface area (Å²) in [6, 6.07) is 13.3. The summed E-state index contributed by atoms with van der Waals surface area (Å²) in [7, 11) is 0. The third-order valence-electron chi connectivity index (χ3n) is 2.93. The Morgan fingerprint density at radius 3 is 2.42 bits per heavy atom. The highest BCUT2D eigenvalue weighted by Crippen LogP contribution is 2.29. The van der Waals surface area contributed by atoms with Crippen molar-refractivity contribution in [3.8, 4) is 0 Å². The molecular formula is C15H17Br2NS. The van der Waals surface area contributed by atoms with Crippen molar-refractivity contribution >= 4 is 43.2 Å². The van der Waals surface area contributed by atoms with Crippen LogP contribution in [0.1, 0.15) is 29.8 Å². The quantitative estimate of drug-likeness (QED) is 0.667.